The first kappa shape index (κ1) is 17.5. The third-order valence-electron chi connectivity index (χ3n) is 3.94. The standard InChI is InChI=1S/C13H19BrN2O5S/c1-3-15(4-2)9-5-6-16(8-9)22(19,20)11-7-10(13(17)18)21-12(11)14/h7,9H,3-6,8H2,1-2H3,(H,17,18). The van der Waals surface area contributed by atoms with Gasteiger partial charge in [0, 0.05) is 25.2 Å². The number of sulfonamides is 1. The molecule has 1 saturated heterocycles. The molecule has 1 atom stereocenters. The van der Waals surface area contributed by atoms with E-state index in [4.69, 9.17) is 9.52 Å². The molecule has 1 aromatic rings. The molecular weight excluding hydrogens is 376 g/mol. The Bertz CT molecular complexity index is 653. The average Bonchev–Trinajstić information content (AvgIpc) is 3.07. The molecule has 22 heavy (non-hydrogen) atoms. The number of halogens is 1. The van der Waals surface area contributed by atoms with Gasteiger partial charge in [-0.3, -0.25) is 4.90 Å². The van der Waals surface area contributed by atoms with E-state index in [2.05, 4.69) is 20.8 Å². The second kappa shape index (κ2) is 6.69. The summed E-state index contributed by atoms with van der Waals surface area (Å²) in [4.78, 5) is 13.0. The van der Waals surface area contributed by atoms with Gasteiger partial charge in [-0.2, -0.15) is 4.31 Å². The Morgan fingerprint density at radius 3 is 2.64 bits per heavy atom. The van der Waals surface area contributed by atoms with Crippen molar-refractivity contribution in [2.45, 2.75) is 31.2 Å². The van der Waals surface area contributed by atoms with E-state index in [0.717, 1.165) is 25.6 Å². The number of carbonyl (C=O) groups is 1. The van der Waals surface area contributed by atoms with E-state index in [1.807, 2.05) is 13.8 Å². The molecule has 0 saturated carbocycles. The zero-order valence-corrected chi connectivity index (χ0v) is 14.9. The fraction of sp³-hybridized carbons (Fsp3) is 0.615. The zero-order chi connectivity index (χ0) is 16.5. The minimum absolute atomic E-state index is 0.0730. The SMILES string of the molecule is CCN(CC)C1CCN(S(=O)(=O)c2cc(C(=O)O)oc2Br)C1. The van der Waals surface area contributed by atoms with Crippen LogP contribution in [-0.4, -0.2) is 60.9 Å². The summed E-state index contributed by atoms with van der Waals surface area (Å²) < 4.78 is 31.6. The molecule has 1 N–H and O–H groups in total. The molecule has 1 aromatic heterocycles. The molecule has 1 aliphatic heterocycles. The highest BCUT2D eigenvalue weighted by Crippen LogP contribution is 2.31. The minimum atomic E-state index is -3.76. The number of aromatic carboxylic acids is 1. The summed E-state index contributed by atoms with van der Waals surface area (Å²) in [6.07, 6.45) is 0.766. The van der Waals surface area contributed by atoms with Crippen LogP contribution in [0.25, 0.3) is 0 Å². The highest BCUT2D eigenvalue weighted by Gasteiger charge is 2.37. The maximum atomic E-state index is 12.7. The van der Waals surface area contributed by atoms with Crippen molar-refractivity contribution in [2.24, 2.45) is 0 Å². The third-order valence-corrected chi connectivity index (χ3v) is 6.66. The fourth-order valence-corrected chi connectivity index (χ4v) is 5.13. The quantitative estimate of drug-likeness (QED) is 0.791. The van der Waals surface area contributed by atoms with Gasteiger partial charge < -0.3 is 9.52 Å². The van der Waals surface area contributed by atoms with Crippen molar-refractivity contribution in [2.75, 3.05) is 26.2 Å². The van der Waals surface area contributed by atoms with Crippen LogP contribution >= 0.6 is 15.9 Å². The van der Waals surface area contributed by atoms with Crippen molar-refractivity contribution < 1.29 is 22.7 Å². The lowest BCUT2D eigenvalue weighted by atomic mass is 10.2. The lowest BCUT2D eigenvalue weighted by Crippen LogP contribution is -2.38. The van der Waals surface area contributed by atoms with Gasteiger partial charge in [-0.1, -0.05) is 13.8 Å². The second-order valence-corrected chi connectivity index (χ2v) is 7.71. The van der Waals surface area contributed by atoms with E-state index in [9.17, 15) is 13.2 Å². The largest absolute Gasteiger partial charge is 0.475 e. The van der Waals surface area contributed by atoms with Crippen LogP contribution < -0.4 is 0 Å². The molecule has 1 unspecified atom stereocenters. The number of rotatable bonds is 6. The van der Waals surface area contributed by atoms with Crippen LogP contribution in [-0.2, 0) is 10.0 Å². The first-order valence-electron chi connectivity index (χ1n) is 7.08. The van der Waals surface area contributed by atoms with Crippen LogP contribution in [0.2, 0.25) is 0 Å². The molecule has 0 bridgehead atoms. The Kier molecular flexibility index (Phi) is 5.31. The number of hydrogen-bond donors (Lipinski definition) is 1. The predicted octanol–water partition coefficient (Wildman–Crippen LogP) is 1.85. The van der Waals surface area contributed by atoms with E-state index >= 15 is 0 Å². The average molecular weight is 395 g/mol. The smallest absolute Gasteiger partial charge is 0.371 e. The Labute approximate surface area is 138 Å². The summed E-state index contributed by atoms with van der Waals surface area (Å²) in [5.74, 6) is -1.70. The van der Waals surface area contributed by atoms with E-state index < -0.39 is 21.8 Å². The molecule has 0 aliphatic carbocycles. The Morgan fingerprint density at radius 2 is 2.14 bits per heavy atom. The number of carboxylic acids is 1. The minimum Gasteiger partial charge on any atom is -0.475 e. The van der Waals surface area contributed by atoms with E-state index in [1.165, 1.54) is 4.31 Å². The molecule has 0 spiro atoms. The lowest BCUT2D eigenvalue weighted by Gasteiger charge is -2.25. The van der Waals surface area contributed by atoms with Gasteiger partial charge >= 0.3 is 5.97 Å². The normalized spacial score (nSPS) is 19.9. The molecule has 0 amide bonds. The van der Waals surface area contributed by atoms with E-state index in [-0.39, 0.29) is 15.6 Å². The second-order valence-electron chi connectivity index (χ2n) is 5.08. The molecule has 1 fully saturated rings. The van der Waals surface area contributed by atoms with Crippen molar-refractivity contribution in [3.8, 4) is 0 Å². The molecule has 7 nitrogen and oxygen atoms in total. The number of nitrogens with zero attached hydrogens (tertiary/aromatic N) is 2. The molecule has 2 rings (SSSR count). The van der Waals surface area contributed by atoms with Gasteiger partial charge in [0.25, 0.3) is 0 Å². The first-order chi connectivity index (χ1) is 10.3. The Hall–Kier alpha value is -0.900. The van der Waals surface area contributed by atoms with Crippen molar-refractivity contribution in [3.05, 3.63) is 16.5 Å². The van der Waals surface area contributed by atoms with Crippen LogP contribution in [0.1, 0.15) is 30.8 Å². The van der Waals surface area contributed by atoms with Gasteiger partial charge in [-0.25, -0.2) is 13.2 Å². The highest BCUT2D eigenvalue weighted by atomic mass is 79.9. The van der Waals surface area contributed by atoms with Gasteiger partial charge in [-0.05, 0) is 35.4 Å². The number of furan rings is 1. The molecule has 2 heterocycles. The van der Waals surface area contributed by atoms with Gasteiger partial charge in [0.05, 0.1) is 0 Å². The lowest BCUT2D eigenvalue weighted by molar-refractivity contribution is 0.0661. The van der Waals surface area contributed by atoms with E-state index in [1.54, 1.807) is 0 Å². The number of carboxylic acid groups (broad SMARTS) is 1. The van der Waals surface area contributed by atoms with Gasteiger partial charge in [0.1, 0.15) is 4.90 Å². The summed E-state index contributed by atoms with van der Waals surface area (Å²) in [5, 5.41) is 8.90. The summed E-state index contributed by atoms with van der Waals surface area (Å²) in [5.41, 5.74) is 0. The van der Waals surface area contributed by atoms with Crippen LogP contribution in [0.5, 0.6) is 0 Å². The summed E-state index contributed by atoms with van der Waals surface area (Å²) in [6.45, 7) is 6.66. The van der Waals surface area contributed by atoms with Crippen LogP contribution in [0.4, 0.5) is 0 Å². The van der Waals surface area contributed by atoms with Crippen LogP contribution in [0, 0.1) is 0 Å². The zero-order valence-electron chi connectivity index (χ0n) is 12.5. The fourth-order valence-electron chi connectivity index (χ4n) is 2.74. The monoisotopic (exact) mass is 394 g/mol. The molecule has 9 heteroatoms. The summed E-state index contributed by atoms with van der Waals surface area (Å²) in [7, 11) is -3.76. The van der Waals surface area contributed by atoms with Gasteiger partial charge in [-0.15, -0.1) is 0 Å². The molecule has 0 radical (unpaired) electrons. The first-order valence-corrected chi connectivity index (χ1v) is 9.31. The van der Waals surface area contributed by atoms with Crippen LogP contribution in [0.15, 0.2) is 20.0 Å². The topological polar surface area (TPSA) is 91.1 Å². The van der Waals surface area contributed by atoms with Crippen molar-refractivity contribution >= 4 is 31.9 Å². The molecule has 124 valence electrons. The van der Waals surface area contributed by atoms with Crippen LogP contribution in [0.3, 0.4) is 0 Å². The van der Waals surface area contributed by atoms with Crippen molar-refractivity contribution in [3.63, 3.8) is 0 Å². The maximum absolute atomic E-state index is 12.7. The van der Waals surface area contributed by atoms with Crippen molar-refractivity contribution in [1.82, 2.24) is 9.21 Å². The molecular formula is C13H19BrN2O5S. The molecule has 0 aromatic carbocycles. The van der Waals surface area contributed by atoms with Crippen molar-refractivity contribution in [1.29, 1.82) is 0 Å². The Morgan fingerprint density at radius 1 is 1.50 bits per heavy atom. The number of hydrogen-bond acceptors (Lipinski definition) is 5. The summed E-state index contributed by atoms with van der Waals surface area (Å²) in [6, 6.07) is 1.24. The summed E-state index contributed by atoms with van der Waals surface area (Å²) >= 11 is 2.99. The van der Waals surface area contributed by atoms with E-state index in [0.29, 0.717) is 13.1 Å². The molecule has 1 aliphatic rings. The van der Waals surface area contributed by atoms with Gasteiger partial charge in [0.15, 0.2) is 4.67 Å². The maximum Gasteiger partial charge on any atom is 0.371 e. The Balaban J connectivity index is 2.23. The predicted molar refractivity (Wildman–Crippen MR) is 83.5 cm³/mol. The third kappa shape index (κ3) is 3.22. The van der Waals surface area contributed by atoms with Gasteiger partial charge in [0.2, 0.25) is 15.8 Å². The highest BCUT2D eigenvalue weighted by molar-refractivity contribution is 9.10. The number of likely N-dealkylation sites (N-methyl/N-ethyl adjacent to an activating group) is 1.